The van der Waals surface area contributed by atoms with E-state index in [9.17, 15) is 9.59 Å². The molecule has 0 saturated carbocycles. The minimum absolute atomic E-state index is 0.0428. The van der Waals surface area contributed by atoms with Gasteiger partial charge in [0.2, 0.25) is 11.8 Å². The fourth-order valence-electron chi connectivity index (χ4n) is 4.02. The van der Waals surface area contributed by atoms with Gasteiger partial charge in [0.15, 0.2) is 0 Å². The highest BCUT2D eigenvalue weighted by Gasteiger charge is 2.21. The van der Waals surface area contributed by atoms with Crippen LogP contribution in [0.4, 0.5) is 0 Å². The summed E-state index contributed by atoms with van der Waals surface area (Å²) in [5, 5.41) is 0. The highest BCUT2D eigenvalue weighted by atomic mass is 16.3. The maximum atomic E-state index is 13.2. The van der Waals surface area contributed by atoms with Crippen LogP contribution < -0.4 is 0 Å². The smallest absolute Gasteiger partial charge is 0.242 e. The van der Waals surface area contributed by atoms with Crippen LogP contribution in [-0.2, 0) is 22.6 Å². The molecule has 0 unspecified atom stereocenters. The molecule has 1 aliphatic rings. The van der Waals surface area contributed by atoms with Gasteiger partial charge in [0.1, 0.15) is 11.5 Å². The maximum Gasteiger partial charge on any atom is 0.242 e. The molecule has 0 aliphatic carbocycles. The first kappa shape index (κ1) is 23.1. The van der Waals surface area contributed by atoms with E-state index in [4.69, 9.17) is 4.42 Å². The Morgan fingerprint density at radius 2 is 1.71 bits per heavy atom. The fraction of sp³-hybridized carbons (Fsp3) is 0.520. The normalized spacial score (nSPS) is 14.4. The number of rotatable bonds is 10. The van der Waals surface area contributed by atoms with Crippen LogP contribution in [0.5, 0.6) is 0 Å². The molecule has 6 heteroatoms. The molecule has 0 spiro atoms. The number of nitrogens with zero attached hydrogens (tertiary/aromatic N) is 3. The summed E-state index contributed by atoms with van der Waals surface area (Å²) in [7, 11) is 0. The molecule has 1 aromatic heterocycles. The van der Waals surface area contributed by atoms with Crippen LogP contribution in [0.2, 0.25) is 0 Å². The maximum absolute atomic E-state index is 13.2. The zero-order valence-electron chi connectivity index (χ0n) is 18.9. The first-order valence-corrected chi connectivity index (χ1v) is 11.4. The molecule has 1 aromatic carbocycles. The number of benzene rings is 1. The van der Waals surface area contributed by atoms with Gasteiger partial charge in [0, 0.05) is 26.6 Å². The van der Waals surface area contributed by atoms with Crippen molar-refractivity contribution in [1.29, 1.82) is 0 Å². The van der Waals surface area contributed by atoms with E-state index in [1.54, 1.807) is 11.8 Å². The van der Waals surface area contributed by atoms with Crippen molar-refractivity contribution in [2.45, 2.75) is 46.1 Å². The second-order valence-corrected chi connectivity index (χ2v) is 8.41. The Morgan fingerprint density at radius 3 is 2.35 bits per heavy atom. The van der Waals surface area contributed by atoms with Crippen molar-refractivity contribution in [3.05, 3.63) is 59.5 Å². The zero-order chi connectivity index (χ0) is 22.1. The minimum Gasteiger partial charge on any atom is -0.464 e. The van der Waals surface area contributed by atoms with E-state index in [-0.39, 0.29) is 18.4 Å². The van der Waals surface area contributed by atoms with E-state index in [1.807, 2.05) is 42.2 Å². The summed E-state index contributed by atoms with van der Waals surface area (Å²) in [5.74, 6) is 1.50. The summed E-state index contributed by atoms with van der Waals surface area (Å²) in [6, 6.07) is 14.0. The SMILES string of the molecule is CC(=O)N(CCN1CCCCC1)CC(=O)N(CCc1ccccc1)Cc1ccc(C)o1. The largest absolute Gasteiger partial charge is 0.464 e. The lowest BCUT2D eigenvalue weighted by molar-refractivity contribution is -0.140. The van der Waals surface area contributed by atoms with Crippen molar-refractivity contribution in [1.82, 2.24) is 14.7 Å². The van der Waals surface area contributed by atoms with Gasteiger partial charge < -0.3 is 19.1 Å². The van der Waals surface area contributed by atoms with Gasteiger partial charge in [-0.1, -0.05) is 36.8 Å². The number of amides is 2. The second-order valence-electron chi connectivity index (χ2n) is 8.41. The molecule has 0 atom stereocenters. The van der Waals surface area contributed by atoms with E-state index in [2.05, 4.69) is 17.0 Å². The average Bonchev–Trinajstić information content (AvgIpc) is 3.19. The fourth-order valence-corrected chi connectivity index (χ4v) is 4.02. The summed E-state index contributed by atoms with van der Waals surface area (Å²) in [6.07, 6.45) is 4.48. The standard InChI is InChI=1S/C25H35N3O3/c1-21-11-12-24(31-21)19-28(16-13-23-9-5-3-6-10-23)25(30)20-27(22(2)29)18-17-26-14-7-4-8-15-26/h3,5-6,9-12H,4,7-8,13-20H2,1-2H3. The molecule has 2 heterocycles. The van der Waals surface area contributed by atoms with Crippen molar-refractivity contribution in [2.75, 3.05) is 39.3 Å². The lowest BCUT2D eigenvalue weighted by Crippen LogP contribution is -2.45. The van der Waals surface area contributed by atoms with Crippen LogP contribution in [0, 0.1) is 6.92 Å². The van der Waals surface area contributed by atoms with E-state index >= 15 is 0 Å². The topological polar surface area (TPSA) is 57.0 Å². The van der Waals surface area contributed by atoms with Gasteiger partial charge >= 0.3 is 0 Å². The molecule has 0 N–H and O–H groups in total. The van der Waals surface area contributed by atoms with E-state index in [1.165, 1.54) is 24.8 Å². The molecule has 6 nitrogen and oxygen atoms in total. The molecule has 2 aromatic rings. The van der Waals surface area contributed by atoms with Crippen LogP contribution in [0.3, 0.4) is 0 Å². The number of hydrogen-bond donors (Lipinski definition) is 0. The van der Waals surface area contributed by atoms with Crippen LogP contribution in [-0.4, -0.2) is 65.8 Å². The number of carbonyl (C=O) groups is 2. The summed E-state index contributed by atoms with van der Waals surface area (Å²) >= 11 is 0. The number of furan rings is 1. The lowest BCUT2D eigenvalue weighted by atomic mass is 10.1. The monoisotopic (exact) mass is 425 g/mol. The zero-order valence-corrected chi connectivity index (χ0v) is 18.9. The number of aryl methyl sites for hydroxylation is 1. The van der Waals surface area contributed by atoms with Crippen LogP contribution in [0.25, 0.3) is 0 Å². The number of carbonyl (C=O) groups excluding carboxylic acids is 2. The van der Waals surface area contributed by atoms with Gasteiger partial charge in [-0.3, -0.25) is 9.59 Å². The lowest BCUT2D eigenvalue weighted by Gasteiger charge is -2.30. The Kier molecular flexibility index (Phi) is 8.71. The number of piperidine rings is 1. The molecule has 168 valence electrons. The first-order valence-electron chi connectivity index (χ1n) is 11.4. The number of likely N-dealkylation sites (tertiary alicyclic amines) is 1. The van der Waals surface area contributed by atoms with Crippen molar-refractivity contribution < 1.29 is 14.0 Å². The third-order valence-corrected chi connectivity index (χ3v) is 5.91. The van der Waals surface area contributed by atoms with Gasteiger partial charge in [-0.05, 0) is 57.0 Å². The molecule has 1 aliphatic heterocycles. The molecule has 3 rings (SSSR count). The molecule has 1 fully saturated rings. The van der Waals surface area contributed by atoms with Gasteiger partial charge in [-0.2, -0.15) is 0 Å². The molecular weight excluding hydrogens is 390 g/mol. The Bertz CT molecular complexity index is 828. The van der Waals surface area contributed by atoms with Crippen LogP contribution in [0.15, 0.2) is 46.9 Å². The Labute approximate surface area is 185 Å². The third kappa shape index (κ3) is 7.55. The highest BCUT2D eigenvalue weighted by Crippen LogP contribution is 2.12. The summed E-state index contributed by atoms with van der Waals surface area (Å²) in [6.45, 7) is 8.14. The van der Waals surface area contributed by atoms with Crippen LogP contribution >= 0.6 is 0 Å². The van der Waals surface area contributed by atoms with Gasteiger partial charge in [-0.15, -0.1) is 0 Å². The van der Waals surface area contributed by atoms with Gasteiger partial charge in [0.25, 0.3) is 0 Å². The van der Waals surface area contributed by atoms with Gasteiger partial charge in [0.05, 0.1) is 13.1 Å². The van der Waals surface area contributed by atoms with Crippen molar-refractivity contribution in [3.63, 3.8) is 0 Å². The molecular formula is C25H35N3O3. The molecule has 2 amide bonds. The third-order valence-electron chi connectivity index (χ3n) is 5.91. The van der Waals surface area contributed by atoms with Crippen molar-refractivity contribution in [2.24, 2.45) is 0 Å². The molecule has 0 bridgehead atoms. The summed E-state index contributed by atoms with van der Waals surface area (Å²) < 4.78 is 5.71. The van der Waals surface area contributed by atoms with Crippen molar-refractivity contribution in [3.8, 4) is 0 Å². The molecule has 0 radical (unpaired) electrons. The Balaban J connectivity index is 1.61. The first-order chi connectivity index (χ1) is 15.0. The van der Waals surface area contributed by atoms with E-state index in [0.29, 0.717) is 19.6 Å². The minimum atomic E-state index is -0.0535. The second kappa shape index (κ2) is 11.7. The highest BCUT2D eigenvalue weighted by molar-refractivity contribution is 5.83. The molecule has 31 heavy (non-hydrogen) atoms. The van der Waals surface area contributed by atoms with E-state index in [0.717, 1.165) is 37.6 Å². The van der Waals surface area contributed by atoms with Gasteiger partial charge in [-0.25, -0.2) is 0 Å². The summed E-state index contributed by atoms with van der Waals surface area (Å²) in [5.41, 5.74) is 1.18. The van der Waals surface area contributed by atoms with Crippen LogP contribution in [0.1, 0.15) is 43.3 Å². The predicted octanol–water partition coefficient (Wildman–Crippen LogP) is 3.49. The Morgan fingerprint density at radius 1 is 0.968 bits per heavy atom. The Hall–Kier alpha value is -2.60. The van der Waals surface area contributed by atoms with E-state index < -0.39 is 0 Å². The predicted molar refractivity (Wildman–Crippen MR) is 122 cm³/mol. The van der Waals surface area contributed by atoms with Crippen molar-refractivity contribution >= 4 is 11.8 Å². The summed E-state index contributed by atoms with van der Waals surface area (Å²) in [4.78, 5) is 31.3. The average molecular weight is 426 g/mol. The number of hydrogen-bond acceptors (Lipinski definition) is 4. The molecule has 1 saturated heterocycles. The quantitative estimate of drug-likeness (QED) is 0.585.